The van der Waals surface area contributed by atoms with Gasteiger partial charge in [0.15, 0.2) is 0 Å². The molecule has 2 fully saturated rings. The lowest BCUT2D eigenvalue weighted by Gasteiger charge is -2.46. The van der Waals surface area contributed by atoms with Gasteiger partial charge in [0.25, 0.3) is 0 Å². The van der Waals surface area contributed by atoms with Crippen LogP contribution in [0.5, 0.6) is 0 Å². The summed E-state index contributed by atoms with van der Waals surface area (Å²) in [6, 6.07) is 0.556. The first-order valence-electron chi connectivity index (χ1n) is 8.12. The number of hydrogen-bond acceptors (Lipinski definition) is 4. The van der Waals surface area contributed by atoms with Crippen molar-refractivity contribution in [1.29, 1.82) is 0 Å². The van der Waals surface area contributed by atoms with Gasteiger partial charge in [-0.1, -0.05) is 26.2 Å². The van der Waals surface area contributed by atoms with E-state index in [0.717, 1.165) is 19.3 Å². The third-order valence-corrected chi connectivity index (χ3v) is 5.14. The predicted octanol–water partition coefficient (Wildman–Crippen LogP) is 1.74. The van der Waals surface area contributed by atoms with Crippen LogP contribution in [0.4, 0.5) is 0 Å². The van der Waals surface area contributed by atoms with Gasteiger partial charge in [0.1, 0.15) is 0 Å². The van der Waals surface area contributed by atoms with Crippen LogP contribution >= 0.6 is 0 Å². The first-order valence-corrected chi connectivity index (χ1v) is 8.12. The zero-order chi connectivity index (χ0) is 13.7. The Balaban J connectivity index is 2.09. The molecular formula is C15H32N4. The molecule has 1 aliphatic carbocycles. The molecule has 2 rings (SSSR count). The van der Waals surface area contributed by atoms with E-state index in [1.165, 1.54) is 38.5 Å². The summed E-state index contributed by atoms with van der Waals surface area (Å²) in [6.45, 7) is 8.71. The fraction of sp³-hybridized carbons (Fsp3) is 1.00. The maximum atomic E-state index is 3.78. The Labute approximate surface area is 118 Å². The minimum atomic E-state index is 0.146. The zero-order valence-electron chi connectivity index (χ0n) is 12.9. The normalized spacial score (nSPS) is 35.8. The van der Waals surface area contributed by atoms with E-state index in [1.807, 2.05) is 0 Å². The average Bonchev–Trinajstić information content (AvgIpc) is 2.63. The third-order valence-electron chi connectivity index (χ3n) is 5.14. The van der Waals surface area contributed by atoms with E-state index in [-0.39, 0.29) is 5.54 Å². The summed E-state index contributed by atoms with van der Waals surface area (Å²) in [5, 5.41) is 14.6. The predicted molar refractivity (Wildman–Crippen MR) is 80.8 cm³/mol. The molecule has 0 amide bonds. The smallest absolute Gasteiger partial charge is 0.0771 e. The average molecular weight is 268 g/mol. The molecule has 0 bridgehead atoms. The van der Waals surface area contributed by atoms with Gasteiger partial charge in [0.2, 0.25) is 0 Å². The fourth-order valence-corrected chi connectivity index (χ4v) is 3.52. The lowest BCUT2D eigenvalue weighted by Crippen LogP contribution is -2.67. The molecule has 19 heavy (non-hydrogen) atoms. The van der Waals surface area contributed by atoms with E-state index in [2.05, 4.69) is 42.0 Å². The Hall–Kier alpha value is -0.160. The zero-order valence-corrected chi connectivity index (χ0v) is 12.9. The molecule has 2 unspecified atom stereocenters. The highest BCUT2D eigenvalue weighted by molar-refractivity contribution is 5.01. The van der Waals surface area contributed by atoms with Crippen LogP contribution in [-0.4, -0.2) is 31.1 Å². The van der Waals surface area contributed by atoms with E-state index in [1.54, 1.807) is 0 Å². The number of rotatable bonds is 4. The highest BCUT2D eigenvalue weighted by Crippen LogP contribution is 2.34. The second-order valence-corrected chi connectivity index (χ2v) is 6.51. The second kappa shape index (κ2) is 7.02. The first-order chi connectivity index (χ1) is 9.16. The Morgan fingerprint density at radius 1 is 1.21 bits per heavy atom. The topological polar surface area (TPSA) is 48.1 Å². The standard InChI is InChI=1S/C15H32N4/c1-4-12(2)19-14-15(3,18-11-16-10-17-14)13-8-6-5-7-9-13/h12-14,16-19H,4-11H2,1-3H3/t12?,14?,15-/m0/s1. The molecule has 4 N–H and O–H groups in total. The van der Waals surface area contributed by atoms with E-state index in [9.17, 15) is 0 Å². The molecule has 2 aliphatic rings. The van der Waals surface area contributed by atoms with Crippen LogP contribution in [0.15, 0.2) is 0 Å². The summed E-state index contributed by atoms with van der Waals surface area (Å²) < 4.78 is 0. The van der Waals surface area contributed by atoms with Gasteiger partial charge in [-0.25, -0.2) is 0 Å². The van der Waals surface area contributed by atoms with Gasteiger partial charge >= 0.3 is 0 Å². The molecule has 4 heteroatoms. The fourth-order valence-electron chi connectivity index (χ4n) is 3.52. The molecule has 0 aromatic heterocycles. The van der Waals surface area contributed by atoms with Crippen LogP contribution in [0.3, 0.4) is 0 Å². The van der Waals surface area contributed by atoms with Crippen molar-refractivity contribution < 1.29 is 0 Å². The maximum Gasteiger partial charge on any atom is 0.0771 e. The monoisotopic (exact) mass is 268 g/mol. The Morgan fingerprint density at radius 3 is 2.63 bits per heavy atom. The van der Waals surface area contributed by atoms with Gasteiger partial charge in [-0.15, -0.1) is 0 Å². The third kappa shape index (κ3) is 3.69. The quantitative estimate of drug-likeness (QED) is 0.627. The molecule has 4 nitrogen and oxygen atoms in total. The summed E-state index contributed by atoms with van der Waals surface area (Å²) in [4.78, 5) is 0. The van der Waals surface area contributed by atoms with Crippen molar-refractivity contribution >= 4 is 0 Å². The van der Waals surface area contributed by atoms with Crippen LogP contribution in [0.2, 0.25) is 0 Å². The van der Waals surface area contributed by atoms with E-state index in [0.29, 0.717) is 12.2 Å². The number of hydrogen-bond donors (Lipinski definition) is 4. The van der Waals surface area contributed by atoms with Crippen molar-refractivity contribution in [3.63, 3.8) is 0 Å². The lowest BCUT2D eigenvalue weighted by molar-refractivity contribution is 0.116. The van der Waals surface area contributed by atoms with Crippen molar-refractivity contribution in [2.75, 3.05) is 13.3 Å². The van der Waals surface area contributed by atoms with Gasteiger partial charge in [-0.2, -0.15) is 0 Å². The van der Waals surface area contributed by atoms with Crippen molar-refractivity contribution in [1.82, 2.24) is 21.3 Å². The van der Waals surface area contributed by atoms with Gasteiger partial charge in [0, 0.05) is 24.9 Å². The lowest BCUT2D eigenvalue weighted by atomic mass is 9.73. The summed E-state index contributed by atoms with van der Waals surface area (Å²) in [6.07, 6.45) is 8.46. The molecule has 3 atom stereocenters. The van der Waals surface area contributed by atoms with Crippen LogP contribution in [0.1, 0.15) is 59.3 Å². The molecule has 1 aliphatic heterocycles. The summed E-state index contributed by atoms with van der Waals surface area (Å²) in [5.41, 5.74) is 0.146. The molecule has 1 saturated heterocycles. The van der Waals surface area contributed by atoms with Gasteiger partial charge in [-0.05, 0) is 39.0 Å². The van der Waals surface area contributed by atoms with Gasteiger partial charge < -0.3 is 0 Å². The minimum Gasteiger partial charge on any atom is -0.298 e. The molecule has 112 valence electrons. The molecule has 0 aromatic carbocycles. The highest BCUT2D eigenvalue weighted by atomic mass is 15.3. The van der Waals surface area contributed by atoms with E-state index >= 15 is 0 Å². The molecule has 1 saturated carbocycles. The highest BCUT2D eigenvalue weighted by Gasteiger charge is 2.42. The summed E-state index contributed by atoms with van der Waals surface area (Å²) >= 11 is 0. The molecule has 0 spiro atoms. The van der Waals surface area contributed by atoms with Crippen LogP contribution in [0, 0.1) is 5.92 Å². The van der Waals surface area contributed by atoms with Crippen molar-refractivity contribution in [3.05, 3.63) is 0 Å². The van der Waals surface area contributed by atoms with E-state index < -0.39 is 0 Å². The van der Waals surface area contributed by atoms with Gasteiger partial charge in [-0.3, -0.25) is 21.3 Å². The molecular weight excluding hydrogens is 236 g/mol. The van der Waals surface area contributed by atoms with Gasteiger partial charge in [0.05, 0.1) is 6.17 Å². The maximum absolute atomic E-state index is 3.78. The minimum absolute atomic E-state index is 0.146. The molecule has 0 radical (unpaired) electrons. The van der Waals surface area contributed by atoms with Crippen LogP contribution in [0.25, 0.3) is 0 Å². The number of nitrogens with one attached hydrogen (secondary N) is 4. The first kappa shape index (κ1) is 15.2. The summed E-state index contributed by atoms with van der Waals surface area (Å²) in [5.74, 6) is 0.773. The molecule has 0 aromatic rings. The molecule has 1 heterocycles. The summed E-state index contributed by atoms with van der Waals surface area (Å²) in [7, 11) is 0. The van der Waals surface area contributed by atoms with Crippen molar-refractivity contribution in [3.8, 4) is 0 Å². The Bertz CT molecular complexity index is 265. The van der Waals surface area contributed by atoms with Crippen molar-refractivity contribution in [2.24, 2.45) is 5.92 Å². The second-order valence-electron chi connectivity index (χ2n) is 6.51. The SMILES string of the molecule is CCC(C)NC1NCNCN[C@@]1(C)C1CCCCC1. The van der Waals surface area contributed by atoms with Crippen molar-refractivity contribution in [2.45, 2.75) is 77.0 Å². The Kier molecular flexibility index (Phi) is 5.63. The Morgan fingerprint density at radius 2 is 1.95 bits per heavy atom. The van der Waals surface area contributed by atoms with E-state index in [4.69, 9.17) is 0 Å². The largest absolute Gasteiger partial charge is 0.298 e. The van der Waals surface area contributed by atoms with Crippen LogP contribution in [-0.2, 0) is 0 Å². The van der Waals surface area contributed by atoms with Crippen LogP contribution < -0.4 is 21.3 Å².